The molecule has 1 aromatic heterocycles. The lowest BCUT2D eigenvalue weighted by atomic mass is 10.0. The molecular weight excluding hydrogens is 376 g/mol. The average Bonchev–Trinajstić information content (AvgIpc) is 2.97. The number of nitrogens with zero attached hydrogens (tertiary/aromatic N) is 2. The summed E-state index contributed by atoms with van der Waals surface area (Å²) in [7, 11) is -1.85. The first-order valence-corrected chi connectivity index (χ1v) is 10.5. The first-order valence-electron chi connectivity index (χ1n) is 9.01. The van der Waals surface area contributed by atoms with Crippen molar-refractivity contribution < 1.29 is 13.2 Å². The topological polar surface area (TPSA) is 83.4 Å². The number of sulfonamides is 1. The number of aryl methyl sites for hydroxylation is 1. The molecule has 26 heavy (non-hydrogen) atoms. The smallest absolute Gasteiger partial charge is 0.267 e. The maximum atomic E-state index is 12.8. The van der Waals surface area contributed by atoms with E-state index in [4.69, 9.17) is 0 Å². The van der Waals surface area contributed by atoms with E-state index in [9.17, 15) is 13.2 Å². The third-order valence-electron chi connectivity index (χ3n) is 4.48. The molecule has 2 heterocycles. The van der Waals surface area contributed by atoms with Crippen LogP contribution in [0, 0.1) is 5.92 Å². The molecule has 2 N–H and O–H groups in total. The molecule has 1 atom stereocenters. The number of nitrogens with one attached hydrogen (secondary N) is 2. The Morgan fingerprint density at radius 2 is 2.04 bits per heavy atom. The van der Waals surface area contributed by atoms with Crippen molar-refractivity contribution in [2.45, 2.75) is 38.0 Å². The van der Waals surface area contributed by atoms with Crippen molar-refractivity contribution in [3.05, 3.63) is 18.0 Å². The standard InChI is InChI=1S/C17H30N4O3S.ClH/c1-4-7-18-8-9-19-17(22)16-11-15(13-20(16)3)25(23,24)21-10-5-6-14(2)12-21;/h11,13-14,18H,4-10,12H2,1-3H3,(H,19,22);1H. The van der Waals surface area contributed by atoms with Crippen LogP contribution < -0.4 is 10.6 Å². The van der Waals surface area contributed by atoms with Gasteiger partial charge in [0.2, 0.25) is 10.0 Å². The van der Waals surface area contributed by atoms with Gasteiger partial charge >= 0.3 is 0 Å². The fourth-order valence-electron chi connectivity index (χ4n) is 3.07. The second-order valence-corrected chi connectivity index (χ2v) is 8.73. The highest BCUT2D eigenvalue weighted by Gasteiger charge is 2.30. The van der Waals surface area contributed by atoms with Crippen LogP contribution in [0.3, 0.4) is 0 Å². The van der Waals surface area contributed by atoms with Crippen LogP contribution in [0.1, 0.15) is 43.6 Å². The van der Waals surface area contributed by atoms with Crippen LogP contribution in [0.2, 0.25) is 0 Å². The van der Waals surface area contributed by atoms with Gasteiger partial charge in [-0.25, -0.2) is 8.42 Å². The Kier molecular flexibility index (Phi) is 9.09. The van der Waals surface area contributed by atoms with Gasteiger partial charge in [-0.15, -0.1) is 12.4 Å². The summed E-state index contributed by atoms with van der Waals surface area (Å²) in [5.41, 5.74) is 0.360. The molecule has 1 fully saturated rings. The molecule has 1 amide bonds. The van der Waals surface area contributed by atoms with Crippen LogP contribution in [-0.2, 0) is 17.1 Å². The molecule has 1 aliphatic heterocycles. The maximum absolute atomic E-state index is 12.8. The maximum Gasteiger partial charge on any atom is 0.267 e. The summed E-state index contributed by atoms with van der Waals surface area (Å²) in [5.74, 6) is 0.111. The Morgan fingerprint density at radius 1 is 1.31 bits per heavy atom. The van der Waals surface area contributed by atoms with Gasteiger partial charge < -0.3 is 15.2 Å². The SMILES string of the molecule is CCCNCCNC(=O)c1cc(S(=O)(=O)N2CCCC(C)C2)cn1C.Cl. The number of rotatable bonds is 8. The Balaban J connectivity index is 0.00000338. The van der Waals surface area contributed by atoms with Gasteiger partial charge in [-0.2, -0.15) is 4.31 Å². The van der Waals surface area contributed by atoms with E-state index >= 15 is 0 Å². The lowest BCUT2D eigenvalue weighted by Crippen LogP contribution is -2.38. The third-order valence-corrected chi connectivity index (χ3v) is 6.31. The van der Waals surface area contributed by atoms with Gasteiger partial charge in [-0.05, 0) is 37.8 Å². The summed E-state index contributed by atoms with van der Waals surface area (Å²) < 4.78 is 28.8. The van der Waals surface area contributed by atoms with Crippen molar-refractivity contribution in [3.63, 3.8) is 0 Å². The molecular formula is C17H31ClN4O3S. The number of aromatic nitrogens is 1. The summed E-state index contributed by atoms with van der Waals surface area (Å²) in [6.45, 7) is 7.36. The molecule has 1 aromatic rings. The van der Waals surface area contributed by atoms with E-state index in [1.54, 1.807) is 11.6 Å². The average molecular weight is 407 g/mol. The zero-order chi connectivity index (χ0) is 18.4. The van der Waals surface area contributed by atoms with E-state index in [0.29, 0.717) is 37.8 Å². The van der Waals surface area contributed by atoms with Gasteiger partial charge in [0, 0.05) is 39.4 Å². The van der Waals surface area contributed by atoms with Gasteiger partial charge in [0.15, 0.2) is 0 Å². The summed E-state index contributed by atoms with van der Waals surface area (Å²) in [6, 6.07) is 1.48. The van der Waals surface area contributed by atoms with Gasteiger partial charge in [0.1, 0.15) is 10.6 Å². The zero-order valence-corrected chi connectivity index (χ0v) is 17.5. The van der Waals surface area contributed by atoms with Crippen molar-refractivity contribution in [2.75, 3.05) is 32.7 Å². The Labute approximate surface area is 163 Å². The Bertz CT molecular complexity index is 690. The largest absolute Gasteiger partial charge is 0.349 e. The van der Waals surface area contributed by atoms with Crippen LogP contribution in [0.4, 0.5) is 0 Å². The molecule has 150 valence electrons. The van der Waals surface area contributed by atoms with Gasteiger partial charge in [-0.1, -0.05) is 13.8 Å². The summed E-state index contributed by atoms with van der Waals surface area (Å²) in [5, 5.41) is 6.03. The second kappa shape index (κ2) is 10.3. The van der Waals surface area contributed by atoms with Crippen LogP contribution in [0.25, 0.3) is 0 Å². The molecule has 9 heteroatoms. The second-order valence-electron chi connectivity index (χ2n) is 6.79. The normalized spacial score (nSPS) is 18.3. The van der Waals surface area contributed by atoms with Crippen molar-refractivity contribution in [1.29, 1.82) is 0 Å². The van der Waals surface area contributed by atoms with E-state index in [0.717, 1.165) is 25.8 Å². The van der Waals surface area contributed by atoms with E-state index in [1.165, 1.54) is 16.6 Å². The molecule has 0 saturated carbocycles. The van der Waals surface area contributed by atoms with Gasteiger partial charge in [-0.3, -0.25) is 4.79 Å². The zero-order valence-electron chi connectivity index (χ0n) is 15.8. The molecule has 2 rings (SSSR count). The molecule has 0 aromatic carbocycles. The van der Waals surface area contributed by atoms with E-state index in [2.05, 4.69) is 24.5 Å². The summed E-state index contributed by atoms with van der Waals surface area (Å²) in [4.78, 5) is 12.5. The highest BCUT2D eigenvalue weighted by Crippen LogP contribution is 2.24. The highest BCUT2D eigenvalue weighted by molar-refractivity contribution is 7.89. The number of piperidine rings is 1. The number of amides is 1. The van der Waals surface area contributed by atoms with E-state index in [1.807, 2.05) is 0 Å². The molecule has 0 spiro atoms. The van der Waals surface area contributed by atoms with Crippen molar-refractivity contribution in [3.8, 4) is 0 Å². The molecule has 1 saturated heterocycles. The fraction of sp³-hybridized carbons (Fsp3) is 0.706. The minimum absolute atomic E-state index is 0. The van der Waals surface area contributed by atoms with Crippen molar-refractivity contribution in [2.24, 2.45) is 13.0 Å². The molecule has 1 unspecified atom stereocenters. The van der Waals surface area contributed by atoms with E-state index < -0.39 is 10.0 Å². The lowest BCUT2D eigenvalue weighted by molar-refractivity contribution is 0.0946. The highest BCUT2D eigenvalue weighted by atomic mass is 35.5. The number of carbonyl (C=O) groups is 1. The predicted molar refractivity (Wildman–Crippen MR) is 105 cm³/mol. The van der Waals surface area contributed by atoms with Crippen LogP contribution >= 0.6 is 12.4 Å². The van der Waals surface area contributed by atoms with Gasteiger partial charge in [0.25, 0.3) is 5.91 Å². The summed E-state index contributed by atoms with van der Waals surface area (Å²) >= 11 is 0. The fourth-order valence-corrected chi connectivity index (χ4v) is 4.74. The van der Waals surface area contributed by atoms with Crippen molar-refractivity contribution in [1.82, 2.24) is 19.5 Å². The minimum atomic E-state index is -3.54. The quantitative estimate of drug-likeness (QED) is 0.642. The number of hydrogen-bond acceptors (Lipinski definition) is 4. The monoisotopic (exact) mass is 406 g/mol. The predicted octanol–water partition coefficient (Wildman–Crippen LogP) is 1.60. The number of hydrogen-bond donors (Lipinski definition) is 2. The lowest BCUT2D eigenvalue weighted by Gasteiger charge is -2.29. The first kappa shape index (κ1) is 23.0. The van der Waals surface area contributed by atoms with Gasteiger partial charge in [0.05, 0.1) is 0 Å². The Hall–Kier alpha value is -1.09. The molecule has 7 nitrogen and oxygen atoms in total. The summed E-state index contributed by atoms with van der Waals surface area (Å²) in [6.07, 6.45) is 4.51. The number of carbonyl (C=O) groups excluding carboxylic acids is 1. The third kappa shape index (κ3) is 5.70. The molecule has 0 radical (unpaired) electrons. The molecule has 0 bridgehead atoms. The van der Waals surface area contributed by atoms with Crippen LogP contribution in [-0.4, -0.2) is 55.9 Å². The van der Waals surface area contributed by atoms with Crippen LogP contribution in [0.15, 0.2) is 17.2 Å². The van der Waals surface area contributed by atoms with E-state index in [-0.39, 0.29) is 23.2 Å². The first-order chi connectivity index (χ1) is 11.9. The minimum Gasteiger partial charge on any atom is -0.349 e. The number of halogens is 1. The van der Waals surface area contributed by atoms with Crippen LogP contribution in [0.5, 0.6) is 0 Å². The molecule has 0 aliphatic carbocycles. The molecule has 1 aliphatic rings. The Morgan fingerprint density at radius 3 is 2.69 bits per heavy atom. The van der Waals surface area contributed by atoms with Crippen molar-refractivity contribution >= 4 is 28.3 Å².